The third-order valence-corrected chi connectivity index (χ3v) is 4.81. The zero-order chi connectivity index (χ0) is 20.7. The minimum atomic E-state index is -0.531. The fourth-order valence-electron chi connectivity index (χ4n) is 3.37. The highest BCUT2D eigenvalue weighted by molar-refractivity contribution is 6.04. The Kier molecular flexibility index (Phi) is 4.54. The SMILES string of the molecule is Cc1nc2c(-c3ccccc3)c(C)[nH]n2c(=O)c1C(=O)Nc1ccn(C(C)C)n1. The van der Waals surface area contributed by atoms with E-state index < -0.39 is 11.5 Å². The summed E-state index contributed by atoms with van der Waals surface area (Å²) in [7, 11) is 0. The van der Waals surface area contributed by atoms with Crippen molar-refractivity contribution in [3.8, 4) is 11.1 Å². The summed E-state index contributed by atoms with van der Waals surface area (Å²) in [5.41, 5.74) is 3.00. The Morgan fingerprint density at radius 3 is 2.52 bits per heavy atom. The van der Waals surface area contributed by atoms with Gasteiger partial charge in [-0.3, -0.25) is 19.4 Å². The van der Waals surface area contributed by atoms with E-state index in [9.17, 15) is 9.59 Å². The van der Waals surface area contributed by atoms with Crippen LogP contribution < -0.4 is 10.9 Å². The van der Waals surface area contributed by atoms with Crippen molar-refractivity contribution in [2.45, 2.75) is 33.7 Å². The second-order valence-corrected chi connectivity index (χ2v) is 7.24. The highest BCUT2D eigenvalue weighted by atomic mass is 16.2. The Bertz CT molecular complexity index is 1260. The van der Waals surface area contributed by atoms with E-state index in [1.807, 2.05) is 51.1 Å². The van der Waals surface area contributed by atoms with Crippen molar-refractivity contribution < 1.29 is 4.79 Å². The molecule has 0 saturated heterocycles. The molecule has 29 heavy (non-hydrogen) atoms. The van der Waals surface area contributed by atoms with E-state index in [0.29, 0.717) is 17.2 Å². The molecule has 4 aromatic rings. The predicted molar refractivity (Wildman–Crippen MR) is 111 cm³/mol. The van der Waals surface area contributed by atoms with Crippen molar-refractivity contribution in [3.63, 3.8) is 0 Å². The van der Waals surface area contributed by atoms with Gasteiger partial charge >= 0.3 is 0 Å². The molecule has 4 rings (SSSR count). The first-order chi connectivity index (χ1) is 13.9. The number of aromatic amines is 1. The van der Waals surface area contributed by atoms with Gasteiger partial charge in [0.05, 0.1) is 5.69 Å². The number of nitrogens with one attached hydrogen (secondary N) is 2. The van der Waals surface area contributed by atoms with Crippen LogP contribution in [0.15, 0.2) is 47.4 Å². The molecule has 0 bridgehead atoms. The Hall–Kier alpha value is -3.68. The average Bonchev–Trinajstić information content (AvgIpc) is 3.27. The largest absolute Gasteiger partial charge is 0.305 e. The monoisotopic (exact) mass is 390 g/mol. The predicted octanol–water partition coefficient (Wildman–Crippen LogP) is 3.34. The number of aryl methyl sites for hydroxylation is 2. The number of rotatable bonds is 4. The van der Waals surface area contributed by atoms with Gasteiger partial charge in [-0.2, -0.15) is 5.10 Å². The molecule has 3 heterocycles. The summed E-state index contributed by atoms with van der Waals surface area (Å²) >= 11 is 0. The van der Waals surface area contributed by atoms with Gasteiger partial charge in [-0.05, 0) is 33.3 Å². The first-order valence-electron chi connectivity index (χ1n) is 9.40. The number of hydrogen-bond donors (Lipinski definition) is 2. The third-order valence-electron chi connectivity index (χ3n) is 4.81. The molecular formula is C21H22N6O2. The molecule has 0 fully saturated rings. The van der Waals surface area contributed by atoms with Gasteiger partial charge in [0.2, 0.25) is 0 Å². The van der Waals surface area contributed by atoms with Gasteiger partial charge < -0.3 is 5.32 Å². The molecular weight excluding hydrogens is 368 g/mol. The van der Waals surface area contributed by atoms with E-state index in [1.54, 1.807) is 23.9 Å². The molecule has 0 unspecified atom stereocenters. The quantitative estimate of drug-likeness (QED) is 0.558. The van der Waals surface area contributed by atoms with Crippen molar-refractivity contribution in [2.75, 3.05) is 5.32 Å². The molecule has 8 heteroatoms. The van der Waals surface area contributed by atoms with Crippen LogP contribution in [-0.2, 0) is 0 Å². The smallest absolute Gasteiger partial charge is 0.285 e. The number of fused-ring (bicyclic) bond motifs is 1. The van der Waals surface area contributed by atoms with Crippen molar-refractivity contribution in [1.29, 1.82) is 0 Å². The zero-order valence-electron chi connectivity index (χ0n) is 16.7. The fraction of sp³-hybridized carbons (Fsp3) is 0.238. The van der Waals surface area contributed by atoms with Gasteiger partial charge in [-0.25, -0.2) is 9.50 Å². The summed E-state index contributed by atoms with van der Waals surface area (Å²) in [5, 5.41) is 10.0. The Labute approximate surface area is 167 Å². The summed E-state index contributed by atoms with van der Waals surface area (Å²) in [4.78, 5) is 30.5. The van der Waals surface area contributed by atoms with Crippen molar-refractivity contribution >= 4 is 17.4 Å². The van der Waals surface area contributed by atoms with E-state index in [2.05, 4.69) is 20.5 Å². The molecule has 0 aliphatic heterocycles. The molecule has 0 aliphatic rings. The normalized spacial score (nSPS) is 11.3. The van der Waals surface area contributed by atoms with Crippen LogP contribution in [0.5, 0.6) is 0 Å². The van der Waals surface area contributed by atoms with Crippen molar-refractivity contribution in [1.82, 2.24) is 24.4 Å². The van der Waals surface area contributed by atoms with Gasteiger partial charge in [-0.15, -0.1) is 0 Å². The van der Waals surface area contributed by atoms with Crippen molar-refractivity contribution in [3.05, 3.63) is 69.9 Å². The molecule has 0 aliphatic carbocycles. The maximum atomic E-state index is 13.1. The fourth-order valence-corrected chi connectivity index (χ4v) is 3.37. The standard InChI is InChI=1S/C21H22N6O2/c1-12(2)26-11-10-16(25-26)23-20(28)18-13(3)22-19-17(15-8-6-5-7-9-15)14(4)24-27(19)21(18)29/h5-12,24H,1-4H3,(H,23,25,28). The van der Waals surface area contributed by atoms with Gasteiger partial charge in [0.1, 0.15) is 5.56 Å². The van der Waals surface area contributed by atoms with Crippen molar-refractivity contribution in [2.24, 2.45) is 0 Å². The molecule has 1 aromatic carbocycles. The molecule has 0 saturated carbocycles. The highest BCUT2D eigenvalue weighted by Crippen LogP contribution is 2.26. The highest BCUT2D eigenvalue weighted by Gasteiger charge is 2.22. The van der Waals surface area contributed by atoms with Gasteiger partial charge in [0.15, 0.2) is 11.5 Å². The van der Waals surface area contributed by atoms with Gasteiger partial charge in [0, 0.05) is 29.6 Å². The average molecular weight is 390 g/mol. The summed E-state index contributed by atoms with van der Waals surface area (Å²) in [6.07, 6.45) is 1.78. The molecule has 0 spiro atoms. The lowest BCUT2D eigenvalue weighted by molar-refractivity contribution is 0.102. The number of hydrogen-bond acceptors (Lipinski definition) is 4. The van der Waals surface area contributed by atoms with E-state index in [1.165, 1.54) is 4.52 Å². The van der Waals surface area contributed by atoms with Crippen LogP contribution in [0.3, 0.4) is 0 Å². The van der Waals surface area contributed by atoms with Crippen LogP contribution in [0.25, 0.3) is 16.8 Å². The molecule has 1 amide bonds. The number of carbonyl (C=O) groups is 1. The second-order valence-electron chi connectivity index (χ2n) is 7.24. The van der Waals surface area contributed by atoms with Gasteiger partial charge in [0.25, 0.3) is 11.5 Å². The maximum Gasteiger partial charge on any atom is 0.285 e. The van der Waals surface area contributed by atoms with E-state index in [4.69, 9.17) is 0 Å². The number of carbonyl (C=O) groups excluding carboxylic acids is 1. The number of amides is 1. The van der Waals surface area contributed by atoms with E-state index in [-0.39, 0.29) is 11.6 Å². The van der Waals surface area contributed by atoms with Crippen LogP contribution in [0.2, 0.25) is 0 Å². The third kappa shape index (κ3) is 3.22. The number of benzene rings is 1. The van der Waals surface area contributed by atoms with Crippen LogP contribution in [0.1, 0.15) is 41.6 Å². The summed E-state index contributed by atoms with van der Waals surface area (Å²) in [6.45, 7) is 7.53. The second kappa shape index (κ2) is 7.05. The number of nitrogens with zero attached hydrogens (tertiary/aromatic N) is 4. The maximum absolute atomic E-state index is 13.1. The molecule has 0 atom stereocenters. The number of H-pyrrole nitrogens is 1. The molecule has 2 N–H and O–H groups in total. The summed E-state index contributed by atoms with van der Waals surface area (Å²) in [5.74, 6) is -0.142. The minimum absolute atomic E-state index is 0.0116. The Morgan fingerprint density at radius 1 is 1.14 bits per heavy atom. The lowest BCUT2D eigenvalue weighted by atomic mass is 10.1. The van der Waals surface area contributed by atoms with E-state index >= 15 is 0 Å². The molecule has 8 nitrogen and oxygen atoms in total. The number of aromatic nitrogens is 5. The lowest BCUT2D eigenvalue weighted by Gasteiger charge is -2.07. The Balaban J connectivity index is 1.78. The van der Waals surface area contributed by atoms with Crippen LogP contribution in [0, 0.1) is 13.8 Å². The first kappa shape index (κ1) is 18.7. The van der Waals surface area contributed by atoms with Gasteiger partial charge in [-0.1, -0.05) is 30.3 Å². The molecule has 0 radical (unpaired) electrons. The van der Waals surface area contributed by atoms with Crippen LogP contribution in [-0.4, -0.2) is 30.3 Å². The first-order valence-corrected chi connectivity index (χ1v) is 9.40. The zero-order valence-corrected chi connectivity index (χ0v) is 16.7. The van der Waals surface area contributed by atoms with Crippen LogP contribution in [0.4, 0.5) is 5.82 Å². The lowest BCUT2D eigenvalue weighted by Crippen LogP contribution is -2.29. The topological polar surface area (TPSA) is 97.1 Å². The summed E-state index contributed by atoms with van der Waals surface area (Å²) < 4.78 is 3.06. The number of anilines is 1. The molecule has 148 valence electrons. The summed E-state index contributed by atoms with van der Waals surface area (Å²) in [6, 6.07) is 11.6. The Morgan fingerprint density at radius 2 is 1.86 bits per heavy atom. The van der Waals surface area contributed by atoms with Crippen LogP contribution >= 0.6 is 0 Å². The molecule has 3 aromatic heterocycles. The van der Waals surface area contributed by atoms with E-state index in [0.717, 1.165) is 16.8 Å². The minimum Gasteiger partial charge on any atom is -0.305 e.